The number of hydrogen-bond acceptors (Lipinski definition) is 8. The summed E-state index contributed by atoms with van der Waals surface area (Å²) in [7, 11) is 0. The van der Waals surface area contributed by atoms with E-state index in [1.54, 1.807) is 6.07 Å². The van der Waals surface area contributed by atoms with Crippen LogP contribution in [0.15, 0.2) is 30.3 Å². The van der Waals surface area contributed by atoms with Crippen LogP contribution in [0.1, 0.15) is 75.1 Å². The molecular weight excluding hydrogens is 560 g/mol. The molecule has 234 valence electrons. The van der Waals surface area contributed by atoms with Gasteiger partial charge in [0.05, 0.1) is 17.8 Å². The average molecular weight is 605 g/mol. The number of phenolic OH excluding ortho intramolecular Hbond substituents is 1. The number of phenols is 1. The lowest BCUT2D eigenvalue weighted by Gasteiger charge is -2.38. The third-order valence-electron chi connectivity index (χ3n) is 12.2. The number of aromatic nitrogens is 2. The van der Waals surface area contributed by atoms with Gasteiger partial charge in [0.25, 0.3) is 0 Å². The Labute approximate surface area is 266 Å². The van der Waals surface area contributed by atoms with Crippen LogP contribution >= 0.6 is 0 Å². The Morgan fingerprint density at radius 3 is 2.78 bits per heavy atom. The number of benzene rings is 2. The Morgan fingerprint density at radius 2 is 1.93 bits per heavy atom. The highest BCUT2D eigenvalue weighted by Gasteiger charge is 2.60. The number of aromatic hydroxyl groups is 1. The van der Waals surface area contributed by atoms with Crippen LogP contribution in [0.25, 0.3) is 10.8 Å². The number of piperazine rings is 1. The van der Waals surface area contributed by atoms with Crippen molar-refractivity contribution in [1.82, 2.24) is 20.2 Å². The van der Waals surface area contributed by atoms with Crippen LogP contribution in [0, 0.1) is 17.8 Å². The minimum Gasteiger partial charge on any atom is -0.508 e. The predicted molar refractivity (Wildman–Crippen MR) is 177 cm³/mol. The fourth-order valence-electron chi connectivity index (χ4n) is 10.4. The van der Waals surface area contributed by atoms with Gasteiger partial charge in [-0.1, -0.05) is 31.4 Å². The lowest BCUT2D eigenvalue weighted by molar-refractivity contribution is 0.0824. The molecule has 5 unspecified atom stereocenters. The first-order chi connectivity index (χ1) is 21.9. The van der Waals surface area contributed by atoms with Gasteiger partial charge in [0.2, 0.25) is 0 Å². The molecule has 1 aromatic heterocycles. The summed E-state index contributed by atoms with van der Waals surface area (Å²) in [6.07, 6.45) is 16.9. The van der Waals surface area contributed by atoms with E-state index < -0.39 is 0 Å². The van der Waals surface area contributed by atoms with Gasteiger partial charge in [-0.25, -0.2) is 0 Å². The van der Waals surface area contributed by atoms with Gasteiger partial charge in [0.15, 0.2) is 0 Å². The van der Waals surface area contributed by atoms with Gasteiger partial charge in [-0.3, -0.25) is 4.90 Å². The molecule has 5 atom stereocenters. The Bertz CT molecular complexity index is 1710. The Balaban J connectivity index is 1.07. The molecule has 2 N–H and O–H groups in total. The van der Waals surface area contributed by atoms with Crippen LogP contribution < -0.4 is 19.9 Å². The normalized spacial score (nSPS) is 32.0. The molecule has 5 aliphatic heterocycles. The summed E-state index contributed by atoms with van der Waals surface area (Å²) in [6, 6.07) is 11.9. The number of rotatable bonds is 5. The Hall–Kier alpha value is -3.54. The monoisotopic (exact) mass is 604 g/mol. The van der Waals surface area contributed by atoms with E-state index in [4.69, 9.17) is 21.1 Å². The molecule has 2 aromatic carbocycles. The van der Waals surface area contributed by atoms with Crippen molar-refractivity contribution < 1.29 is 9.84 Å². The molecule has 5 fully saturated rings. The van der Waals surface area contributed by atoms with Crippen molar-refractivity contribution in [1.29, 1.82) is 0 Å². The maximum Gasteiger partial charge on any atom is 0.318 e. The molecule has 0 radical (unpaired) electrons. The highest BCUT2D eigenvalue weighted by atomic mass is 16.5. The smallest absolute Gasteiger partial charge is 0.318 e. The first-order valence-electron chi connectivity index (χ1n) is 17.2. The molecule has 6 heterocycles. The molecular formula is C37H44N6O2. The molecule has 6 aliphatic rings. The van der Waals surface area contributed by atoms with Crippen LogP contribution in [0.5, 0.6) is 11.8 Å². The number of anilines is 2. The fraction of sp³-hybridized carbons (Fsp3) is 0.568. The average Bonchev–Trinajstić information content (AvgIpc) is 3.77. The van der Waals surface area contributed by atoms with Crippen molar-refractivity contribution in [3.8, 4) is 24.1 Å². The lowest BCUT2D eigenvalue weighted by Crippen LogP contribution is -2.52. The van der Waals surface area contributed by atoms with Crippen LogP contribution in [-0.2, 0) is 13.0 Å². The summed E-state index contributed by atoms with van der Waals surface area (Å²) in [5.74, 6) is 4.18. The molecule has 45 heavy (non-hydrogen) atoms. The summed E-state index contributed by atoms with van der Waals surface area (Å²) >= 11 is 0. The van der Waals surface area contributed by atoms with Crippen LogP contribution in [0.3, 0.4) is 0 Å². The highest BCUT2D eigenvalue weighted by molar-refractivity contribution is 6.00. The van der Waals surface area contributed by atoms with Crippen LogP contribution in [0.4, 0.5) is 11.5 Å². The molecule has 8 nitrogen and oxygen atoms in total. The van der Waals surface area contributed by atoms with E-state index in [0.29, 0.717) is 42.7 Å². The number of nitrogens with zero attached hydrogens (tertiary/aromatic N) is 5. The molecule has 2 bridgehead atoms. The van der Waals surface area contributed by atoms with Gasteiger partial charge < -0.3 is 25.0 Å². The van der Waals surface area contributed by atoms with E-state index in [2.05, 4.69) is 32.9 Å². The second kappa shape index (κ2) is 10.2. The quantitative estimate of drug-likeness (QED) is 0.395. The molecule has 1 saturated carbocycles. The summed E-state index contributed by atoms with van der Waals surface area (Å²) in [5.41, 5.74) is 4.58. The molecule has 4 saturated heterocycles. The van der Waals surface area contributed by atoms with Gasteiger partial charge in [0, 0.05) is 66.0 Å². The summed E-state index contributed by atoms with van der Waals surface area (Å²) in [5, 5.41) is 16.4. The first kappa shape index (κ1) is 27.7. The van der Waals surface area contributed by atoms with Gasteiger partial charge in [-0.05, 0) is 80.8 Å². The summed E-state index contributed by atoms with van der Waals surface area (Å²) < 4.78 is 6.75. The van der Waals surface area contributed by atoms with Crippen molar-refractivity contribution in [2.75, 3.05) is 42.6 Å². The predicted octanol–water partition coefficient (Wildman–Crippen LogP) is 5.00. The van der Waals surface area contributed by atoms with E-state index in [-0.39, 0.29) is 11.3 Å². The van der Waals surface area contributed by atoms with Gasteiger partial charge >= 0.3 is 6.01 Å². The number of terminal acetylenes is 1. The van der Waals surface area contributed by atoms with Crippen molar-refractivity contribution in [3.63, 3.8) is 0 Å². The van der Waals surface area contributed by atoms with Crippen molar-refractivity contribution in [3.05, 3.63) is 47.2 Å². The zero-order chi connectivity index (χ0) is 30.3. The van der Waals surface area contributed by atoms with Gasteiger partial charge in [-0.2, -0.15) is 9.97 Å². The van der Waals surface area contributed by atoms with Crippen molar-refractivity contribution in [2.45, 2.75) is 94.9 Å². The minimum atomic E-state index is 0.103. The van der Waals surface area contributed by atoms with E-state index in [1.165, 1.54) is 63.5 Å². The number of ether oxygens (including phenoxy) is 1. The van der Waals surface area contributed by atoms with Crippen LogP contribution in [0.2, 0.25) is 0 Å². The molecule has 8 heteroatoms. The molecule has 1 aliphatic carbocycles. The first-order valence-corrected chi connectivity index (χ1v) is 17.2. The molecule has 0 amide bonds. The zero-order valence-electron chi connectivity index (χ0n) is 26.4. The molecule has 0 spiro atoms. The lowest BCUT2D eigenvalue weighted by atomic mass is 9.78. The highest BCUT2D eigenvalue weighted by Crippen LogP contribution is 2.58. The third kappa shape index (κ3) is 4.41. The van der Waals surface area contributed by atoms with E-state index >= 15 is 0 Å². The number of fused-ring (bicyclic) bond motifs is 7. The van der Waals surface area contributed by atoms with Gasteiger partial charge in [-0.15, -0.1) is 6.42 Å². The Kier molecular flexibility index (Phi) is 6.31. The van der Waals surface area contributed by atoms with E-state index in [9.17, 15) is 5.11 Å². The number of nitrogens with one attached hydrogen (secondary N) is 1. The van der Waals surface area contributed by atoms with Gasteiger partial charge in [0.1, 0.15) is 18.2 Å². The van der Waals surface area contributed by atoms with Crippen molar-refractivity contribution >= 4 is 22.3 Å². The second-order valence-corrected chi connectivity index (χ2v) is 15.0. The maximum atomic E-state index is 10.7. The topological polar surface area (TPSA) is 77.0 Å². The Morgan fingerprint density at radius 1 is 1.07 bits per heavy atom. The van der Waals surface area contributed by atoms with Crippen molar-refractivity contribution in [2.24, 2.45) is 5.41 Å². The molecule has 3 aromatic rings. The summed E-state index contributed by atoms with van der Waals surface area (Å²) in [6.45, 7) is 7.74. The van der Waals surface area contributed by atoms with E-state index in [0.717, 1.165) is 59.6 Å². The summed E-state index contributed by atoms with van der Waals surface area (Å²) in [4.78, 5) is 18.0. The standard InChI is InChI=1S/C37H44N6O2/c1-3-24-7-4-8-25-17-28(44)18-31(33(24)25)41-16-12-29-30(21-41)39-35(40-34(29)42-19-26-10-11-27(20-42)38-26)45-23-37-14-6-15-43(37)32-9-5-13-36(32,2)22-37/h1,4,7-8,17-18,26-27,32,38,44H,5-6,9-16,19-23H2,2H3. The SMILES string of the molecule is C#Cc1cccc2cc(O)cc(N3CCc4c(nc(OCC56CCCN5C5CCCC5(C)C6)nc4N4CC5CCC(C4)N5)C3)c12. The van der Waals surface area contributed by atoms with Crippen LogP contribution in [-0.4, -0.2) is 76.4 Å². The largest absolute Gasteiger partial charge is 0.508 e. The second-order valence-electron chi connectivity index (χ2n) is 15.0. The third-order valence-corrected chi connectivity index (χ3v) is 12.2. The molecule has 9 rings (SSSR count). The zero-order valence-corrected chi connectivity index (χ0v) is 26.4. The minimum absolute atomic E-state index is 0.103. The fourth-order valence-corrected chi connectivity index (χ4v) is 10.4. The number of hydrogen-bond donors (Lipinski definition) is 2. The van der Waals surface area contributed by atoms with E-state index in [1.807, 2.05) is 24.3 Å². The maximum absolute atomic E-state index is 10.7.